The van der Waals surface area contributed by atoms with Crippen LogP contribution in [-0.2, 0) is 9.84 Å². The van der Waals surface area contributed by atoms with Crippen LogP contribution in [0.4, 0.5) is 0 Å². The quantitative estimate of drug-likeness (QED) is 0.505. The molecule has 0 atom stereocenters. The lowest BCUT2D eigenvalue weighted by molar-refractivity contribution is 0.612. The molecule has 1 aliphatic rings. The average Bonchev–Trinajstić information content (AvgIpc) is 1.92. The Bertz CT molecular complexity index is 245. The molecule has 0 fully saturated rings. The van der Waals surface area contributed by atoms with Crippen molar-refractivity contribution in [3.05, 3.63) is 35.1 Å². The number of rotatable bonds is 0. The molecule has 1 heterocycles. The van der Waals surface area contributed by atoms with E-state index in [9.17, 15) is 8.42 Å². The summed E-state index contributed by atoms with van der Waals surface area (Å²) in [7, 11) is -3.04. The normalized spacial score (nSPS) is 21.8. The first-order chi connectivity index (χ1) is 4.21. The minimum Gasteiger partial charge on any atom is -0.220 e. The molecule has 0 saturated heterocycles. The zero-order valence-electron chi connectivity index (χ0n) is 4.69. The summed E-state index contributed by atoms with van der Waals surface area (Å²) in [6.45, 7) is 0. The lowest BCUT2D eigenvalue weighted by Gasteiger charge is -1.80. The maximum absolute atomic E-state index is 10.7. The van der Waals surface area contributed by atoms with Crippen LogP contribution in [-0.4, -0.2) is 8.42 Å². The monoisotopic (exact) mass is 142 g/mol. The van der Waals surface area contributed by atoms with Crippen molar-refractivity contribution in [3.8, 4) is 0 Å². The van der Waals surface area contributed by atoms with Crippen LogP contribution < -0.4 is 0 Å². The molecule has 0 N–H and O–H groups in total. The predicted octanol–water partition coefficient (Wildman–Crippen LogP) is 0.998. The van der Waals surface area contributed by atoms with Crippen LogP contribution in [0.25, 0.3) is 0 Å². The van der Waals surface area contributed by atoms with Crippen LogP contribution in [0.15, 0.2) is 35.1 Å². The van der Waals surface area contributed by atoms with Crippen LogP contribution in [0, 0.1) is 0 Å². The Hall–Kier alpha value is -0.830. The fraction of sp³-hybridized carbons (Fsp3) is 0. The molecule has 0 aromatic heterocycles. The Balaban J connectivity index is 3.11. The van der Waals surface area contributed by atoms with Gasteiger partial charge in [-0.3, -0.25) is 0 Å². The highest BCUT2D eigenvalue weighted by Crippen LogP contribution is 1.99. The molecular formula is C6H6O2S. The van der Waals surface area contributed by atoms with Gasteiger partial charge in [0, 0.05) is 10.8 Å². The fourth-order valence-corrected chi connectivity index (χ4v) is 1.19. The van der Waals surface area contributed by atoms with Gasteiger partial charge in [-0.2, -0.15) is 0 Å². The van der Waals surface area contributed by atoms with Crippen LogP contribution in [0.2, 0.25) is 0 Å². The number of sulfone groups is 1. The summed E-state index contributed by atoms with van der Waals surface area (Å²) in [4.78, 5) is 0. The van der Waals surface area contributed by atoms with Crippen molar-refractivity contribution in [2.45, 2.75) is 0 Å². The Kier molecular flexibility index (Phi) is 1.53. The lowest BCUT2D eigenvalue weighted by Crippen LogP contribution is -1.84. The van der Waals surface area contributed by atoms with Crippen molar-refractivity contribution in [2.24, 2.45) is 0 Å². The minimum absolute atomic E-state index is 1.16. The molecule has 0 aromatic carbocycles. The molecule has 0 spiro atoms. The lowest BCUT2D eigenvalue weighted by atomic mass is 10.5. The highest BCUT2D eigenvalue weighted by atomic mass is 32.2. The van der Waals surface area contributed by atoms with Crippen molar-refractivity contribution in [3.63, 3.8) is 0 Å². The minimum atomic E-state index is -3.04. The van der Waals surface area contributed by atoms with Gasteiger partial charge in [-0.1, -0.05) is 24.3 Å². The van der Waals surface area contributed by atoms with Crippen LogP contribution >= 0.6 is 0 Å². The number of hydrogen-bond acceptors (Lipinski definition) is 2. The van der Waals surface area contributed by atoms with E-state index in [-0.39, 0.29) is 0 Å². The Morgan fingerprint density at radius 3 is 1.67 bits per heavy atom. The van der Waals surface area contributed by atoms with Crippen molar-refractivity contribution >= 4 is 9.84 Å². The predicted molar refractivity (Wildman–Crippen MR) is 36.3 cm³/mol. The first-order valence-electron chi connectivity index (χ1n) is 2.47. The molecule has 3 heteroatoms. The Morgan fingerprint density at radius 1 is 0.778 bits per heavy atom. The molecule has 0 aromatic rings. The van der Waals surface area contributed by atoms with E-state index in [1.165, 1.54) is 12.2 Å². The van der Waals surface area contributed by atoms with E-state index < -0.39 is 9.84 Å². The fourth-order valence-electron chi connectivity index (χ4n) is 0.483. The van der Waals surface area contributed by atoms with Gasteiger partial charge in [-0.25, -0.2) is 8.42 Å². The summed E-state index contributed by atoms with van der Waals surface area (Å²) in [6, 6.07) is 0. The zero-order valence-corrected chi connectivity index (χ0v) is 5.51. The molecule has 0 aliphatic carbocycles. The summed E-state index contributed by atoms with van der Waals surface area (Å²) in [5, 5.41) is 2.32. The highest BCUT2D eigenvalue weighted by molar-refractivity contribution is 7.97. The smallest absolute Gasteiger partial charge is 0.193 e. The molecule has 48 valence electrons. The second kappa shape index (κ2) is 2.19. The van der Waals surface area contributed by atoms with Gasteiger partial charge in [-0.05, 0) is 0 Å². The molecule has 0 amide bonds. The van der Waals surface area contributed by atoms with Crippen LogP contribution in [0.1, 0.15) is 0 Å². The van der Waals surface area contributed by atoms with Crippen molar-refractivity contribution in [1.29, 1.82) is 0 Å². The average molecular weight is 142 g/mol. The van der Waals surface area contributed by atoms with E-state index in [1.807, 2.05) is 0 Å². The second-order valence-electron chi connectivity index (χ2n) is 1.63. The van der Waals surface area contributed by atoms with Gasteiger partial charge in [0.2, 0.25) is 0 Å². The maximum atomic E-state index is 10.7. The van der Waals surface area contributed by atoms with Crippen LogP contribution in [0.3, 0.4) is 0 Å². The van der Waals surface area contributed by atoms with E-state index >= 15 is 0 Å². The first-order valence-corrected chi connectivity index (χ1v) is 4.08. The molecule has 0 radical (unpaired) electrons. The van der Waals surface area contributed by atoms with Crippen molar-refractivity contribution < 1.29 is 8.42 Å². The zero-order chi connectivity index (χ0) is 6.74. The molecule has 2 nitrogen and oxygen atoms in total. The van der Waals surface area contributed by atoms with Crippen molar-refractivity contribution in [2.75, 3.05) is 0 Å². The van der Waals surface area contributed by atoms with Crippen molar-refractivity contribution in [1.82, 2.24) is 0 Å². The standard InChI is InChI=1S/C6H6O2S/c7-9(8)5-3-1-2-4-6-9/h1-6H. The largest absolute Gasteiger partial charge is 0.220 e. The molecule has 1 rings (SSSR count). The summed E-state index contributed by atoms with van der Waals surface area (Å²) in [6.07, 6.45) is 6.33. The van der Waals surface area contributed by atoms with Gasteiger partial charge in [-0.15, -0.1) is 0 Å². The molecule has 0 saturated carbocycles. The summed E-state index contributed by atoms with van der Waals surface area (Å²) < 4.78 is 21.3. The Morgan fingerprint density at radius 2 is 1.22 bits per heavy atom. The van der Waals surface area contributed by atoms with E-state index in [0.29, 0.717) is 0 Å². The van der Waals surface area contributed by atoms with Gasteiger partial charge in [0.05, 0.1) is 0 Å². The van der Waals surface area contributed by atoms with E-state index in [4.69, 9.17) is 0 Å². The van der Waals surface area contributed by atoms with Gasteiger partial charge in [0.25, 0.3) is 0 Å². The maximum Gasteiger partial charge on any atom is 0.193 e. The third-order valence-corrected chi connectivity index (χ3v) is 1.94. The third kappa shape index (κ3) is 1.85. The van der Waals surface area contributed by atoms with Gasteiger partial charge in [0.15, 0.2) is 9.84 Å². The first kappa shape index (κ1) is 6.29. The number of allylic oxidation sites excluding steroid dienone is 4. The van der Waals surface area contributed by atoms with Gasteiger partial charge < -0.3 is 0 Å². The number of hydrogen-bond donors (Lipinski definition) is 0. The molecule has 0 unspecified atom stereocenters. The molecule has 1 aliphatic heterocycles. The summed E-state index contributed by atoms with van der Waals surface area (Å²) in [5.74, 6) is 0. The van der Waals surface area contributed by atoms with Gasteiger partial charge in [0.1, 0.15) is 0 Å². The molecule has 9 heavy (non-hydrogen) atoms. The van der Waals surface area contributed by atoms with E-state index in [0.717, 1.165) is 10.8 Å². The van der Waals surface area contributed by atoms with E-state index in [2.05, 4.69) is 0 Å². The van der Waals surface area contributed by atoms with Crippen LogP contribution in [0.5, 0.6) is 0 Å². The second-order valence-corrected chi connectivity index (χ2v) is 3.35. The highest BCUT2D eigenvalue weighted by Gasteiger charge is 1.97. The van der Waals surface area contributed by atoms with E-state index in [1.54, 1.807) is 12.2 Å². The van der Waals surface area contributed by atoms with Gasteiger partial charge >= 0.3 is 0 Å². The topological polar surface area (TPSA) is 34.1 Å². The summed E-state index contributed by atoms with van der Waals surface area (Å²) >= 11 is 0. The third-order valence-electron chi connectivity index (χ3n) is 0.870. The Labute approximate surface area is 54.1 Å². The summed E-state index contributed by atoms with van der Waals surface area (Å²) in [5.41, 5.74) is 0. The SMILES string of the molecule is O=S1(=O)C=CC=CC=C1. The molecule has 0 bridgehead atoms. The molecular weight excluding hydrogens is 136 g/mol.